The average Bonchev–Trinajstić information content (AvgIpc) is 2.73. The van der Waals surface area contributed by atoms with Gasteiger partial charge in [-0.05, 0) is 26.3 Å². The molecule has 2 saturated heterocycles. The van der Waals surface area contributed by atoms with Gasteiger partial charge in [-0.25, -0.2) is 9.97 Å². The molecule has 0 bridgehead atoms. The number of ether oxygens (including phenoxy) is 1. The first-order valence-electron chi connectivity index (χ1n) is 9.93. The molecule has 0 N–H and O–H groups in total. The smallest absolute Gasteiger partial charge is 0.353 e. The highest BCUT2D eigenvalue weighted by Crippen LogP contribution is 2.36. The normalized spacial score (nSPS) is 20.9. The highest BCUT2D eigenvalue weighted by Gasteiger charge is 2.35. The third-order valence-electron chi connectivity index (χ3n) is 5.43. The van der Waals surface area contributed by atoms with Crippen LogP contribution in [-0.2, 0) is 9.53 Å². The Balaban J connectivity index is 1.85. The van der Waals surface area contributed by atoms with Crippen molar-refractivity contribution in [3.8, 4) is 0 Å². The van der Waals surface area contributed by atoms with Gasteiger partial charge in [0, 0.05) is 39.3 Å². The van der Waals surface area contributed by atoms with Crippen LogP contribution in [0.25, 0.3) is 0 Å². The second kappa shape index (κ2) is 9.13. The van der Waals surface area contributed by atoms with E-state index in [1.807, 2.05) is 9.80 Å². The van der Waals surface area contributed by atoms with Gasteiger partial charge in [0.25, 0.3) is 0 Å². The van der Waals surface area contributed by atoms with Crippen LogP contribution in [0.2, 0.25) is 0 Å². The number of nitro groups is 1. The van der Waals surface area contributed by atoms with E-state index in [9.17, 15) is 14.9 Å². The van der Waals surface area contributed by atoms with Crippen LogP contribution in [0.1, 0.15) is 26.7 Å². The van der Waals surface area contributed by atoms with Crippen LogP contribution in [0, 0.1) is 16.0 Å². The van der Waals surface area contributed by atoms with Crippen LogP contribution >= 0.6 is 0 Å². The standard InChI is InChI=1S/C18H28N6O4/c1-3-21-8-10-22(11-9-21)16-15(24(26)27)17(20-13-19-16)23-7-5-6-14(12-23)18(25)28-4-2/h13-14H,3-12H2,1-2H3. The van der Waals surface area contributed by atoms with E-state index < -0.39 is 4.92 Å². The highest BCUT2D eigenvalue weighted by atomic mass is 16.6. The number of carbonyl (C=O) groups excluding carboxylic acids is 1. The quantitative estimate of drug-likeness (QED) is 0.402. The summed E-state index contributed by atoms with van der Waals surface area (Å²) in [5.74, 6) is 0.116. The number of esters is 1. The molecule has 10 heteroatoms. The van der Waals surface area contributed by atoms with Crippen LogP contribution in [-0.4, -0.2) is 78.2 Å². The number of aromatic nitrogens is 2. The maximum atomic E-state index is 12.1. The number of rotatable bonds is 6. The van der Waals surface area contributed by atoms with Gasteiger partial charge >= 0.3 is 11.7 Å². The Kier molecular flexibility index (Phi) is 6.61. The first kappa shape index (κ1) is 20.2. The van der Waals surface area contributed by atoms with Gasteiger partial charge in [0.15, 0.2) is 0 Å². The lowest BCUT2D eigenvalue weighted by Crippen LogP contribution is -2.47. The molecule has 1 unspecified atom stereocenters. The molecule has 10 nitrogen and oxygen atoms in total. The molecule has 2 aliphatic rings. The number of hydrogen-bond donors (Lipinski definition) is 0. The summed E-state index contributed by atoms with van der Waals surface area (Å²) in [5, 5.41) is 11.9. The predicted octanol–water partition coefficient (Wildman–Crippen LogP) is 1.31. The number of piperazine rings is 1. The molecule has 154 valence electrons. The van der Waals surface area contributed by atoms with Crippen molar-refractivity contribution >= 4 is 23.3 Å². The summed E-state index contributed by atoms with van der Waals surface area (Å²) >= 11 is 0. The maximum Gasteiger partial charge on any atom is 0.353 e. The first-order chi connectivity index (χ1) is 13.5. The van der Waals surface area contributed by atoms with Crippen molar-refractivity contribution in [1.82, 2.24) is 14.9 Å². The molecule has 2 fully saturated rings. The molecule has 2 aliphatic heterocycles. The predicted molar refractivity (Wildman–Crippen MR) is 105 cm³/mol. The second-order valence-corrected chi connectivity index (χ2v) is 7.09. The van der Waals surface area contributed by atoms with Crippen molar-refractivity contribution in [2.75, 3.05) is 62.2 Å². The third-order valence-corrected chi connectivity index (χ3v) is 5.43. The minimum absolute atomic E-state index is 0.0723. The summed E-state index contributed by atoms with van der Waals surface area (Å²) < 4.78 is 5.14. The fourth-order valence-corrected chi connectivity index (χ4v) is 3.88. The number of nitrogens with zero attached hydrogens (tertiary/aromatic N) is 6. The summed E-state index contributed by atoms with van der Waals surface area (Å²) in [6.45, 7) is 9.26. The molecule has 0 amide bonds. The summed E-state index contributed by atoms with van der Waals surface area (Å²) in [6, 6.07) is 0. The van der Waals surface area contributed by atoms with Crippen LogP contribution in [0.3, 0.4) is 0 Å². The lowest BCUT2D eigenvalue weighted by atomic mass is 9.98. The lowest BCUT2D eigenvalue weighted by Gasteiger charge is -2.35. The van der Waals surface area contributed by atoms with Crippen LogP contribution in [0.4, 0.5) is 17.3 Å². The van der Waals surface area contributed by atoms with Crippen molar-refractivity contribution in [3.05, 3.63) is 16.4 Å². The molecule has 1 aromatic heterocycles. The Morgan fingerprint density at radius 1 is 1.18 bits per heavy atom. The summed E-state index contributed by atoms with van der Waals surface area (Å²) in [6.07, 6.45) is 2.87. The van der Waals surface area contributed by atoms with Gasteiger partial charge in [0.1, 0.15) is 6.33 Å². The maximum absolute atomic E-state index is 12.1. The van der Waals surface area contributed by atoms with E-state index in [2.05, 4.69) is 21.8 Å². The van der Waals surface area contributed by atoms with Gasteiger partial charge in [-0.2, -0.15) is 0 Å². The Bertz CT molecular complexity index is 707. The molecule has 28 heavy (non-hydrogen) atoms. The molecule has 1 aromatic rings. The zero-order valence-corrected chi connectivity index (χ0v) is 16.5. The Morgan fingerprint density at radius 2 is 1.86 bits per heavy atom. The van der Waals surface area contributed by atoms with E-state index in [-0.39, 0.29) is 17.6 Å². The Morgan fingerprint density at radius 3 is 2.46 bits per heavy atom. The SMILES string of the molecule is CCOC(=O)C1CCCN(c2ncnc(N3CCN(CC)CC3)c2[N+](=O)[O-])C1. The second-order valence-electron chi connectivity index (χ2n) is 7.09. The summed E-state index contributed by atoms with van der Waals surface area (Å²) in [4.78, 5) is 38.3. The number of likely N-dealkylation sites (N-methyl/N-ethyl adjacent to an activating group) is 1. The van der Waals surface area contributed by atoms with Crippen LogP contribution in [0.5, 0.6) is 0 Å². The lowest BCUT2D eigenvalue weighted by molar-refractivity contribution is -0.383. The minimum atomic E-state index is -0.398. The molecule has 0 radical (unpaired) electrons. The number of carbonyl (C=O) groups is 1. The monoisotopic (exact) mass is 392 g/mol. The Labute approximate surface area is 164 Å². The molecule has 0 aliphatic carbocycles. The van der Waals surface area contributed by atoms with Gasteiger partial charge in [-0.1, -0.05) is 6.92 Å². The largest absolute Gasteiger partial charge is 0.466 e. The Hall–Kier alpha value is -2.49. The molecule has 3 rings (SSSR count). The minimum Gasteiger partial charge on any atom is -0.466 e. The van der Waals surface area contributed by atoms with E-state index >= 15 is 0 Å². The van der Waals surface area contributed by atoms with Crippen LogP contribution < -0.4 is 9.80 Å². The zero-order chi connectivity index (χ0) is 20.1. The molecular weight excluding hydrogens is 364 g/mol. The van der Waals surface area contributed by atoms with Crippen molar-refractivity contribution < 1.29 is 14.5 Å². The summed E-state index contributed by atoms with van der Waals surface area (Å²) in [5.41, 5.74) is -0.0723. The van der Waals surface area contributed by atoms with E-state index in [0.29, 0.717) is 44.4 Å². The highest BCUT2D eigenvalue weighted by molar-refractivity contribution is 5.75. The molecule has 0 spiro atoms. The van der Waals surface area contributed by atoms with E-state index in [4.69, 9.17) is 4.74 Å². The van der Waals surface area contributed by atoms with Crippen molar-refractivity contribution in [2.45, 2.75) is 26.7 Å². The van der Waals surface area contributed by atoms with Crippen molar-refractivity contribution in [2.24, 2.45) is 5.92 Å². The van der Waals surface area contributed by atoms with Crippen molar-refractivity contribution in [1.29, 1.82) is 0 Å². The van der Waals surface area contributed by atoms with Crippen molar-refractivity contribution in [3.63, 3.8) is 0 Å². The number of anilines is 2. The molecular formula is C18H28N6O4. The van der Waals surface area contributed by atoms with E-state index in [1.54, 1.807) is 6.92 Å². The topological polar surface area (TPSA) is 105 Å². The zero-order valence-electron chi connectivity index (χ0n) is 16.5. The first-order valence-corrected chi connectivity index (χ1v) is 9.93. The van der Waals surface area contributed by atoms with Gasteiger partial charge in [0.2, 0.25) is 11.6 Å². The molecule has 3 heterocycles. The van der Waals surface area contributed by atoms with Gasteiger partial charge in [-0.15, -0.1) is 0 Å². The average molecular weight is 392 g/mol. The fraction of sp³-hybridized carbons (Fsp3) is 0.722. The van der Waals surface area contributed by atoms with Crippen LogP contribution in [0.15, 0.2) is 6.33 Å². The van der Waals surface area contributed by atoms with Gasteiger partial charge in [-0.3, -0.25) is 14.9 Å². The number of hydrogen-bond acceptors (Lipinski definition) is 9. The molecule has 0 saturated carbocycles. The van der Waals surface area contributed by atoms with Gasteiger partial charge in [0.05, 0.1) is 17.4 Å². The van der Waals surface area contributed by atoms with E-state index in [1.165, 1.54) is 6.33 Å². The molecule has 0 aromatic carbocycles. The molecule has 1 atom stereocenters. The van der Waals surface area contributed by atoms with E-state index in [0.717, 1.165) is 32.5 Å². The van der Waals surface area contributed by atoms with Gasteiger partial charge < -0.3 is 19.4 Å². The summed E-state index contributed by atoms with van der Waals surface area (Å²) in [7, 11) is 0. The fourth-order valence-electron chi connectivity index (χ4n) is 3.88. The number of piperidine rings is 1. The third kappa shape index (κ3) is 4.32.